The molecule has 1 aliphatic carbocycles. The van der Waals surface area contributed by atoms with Gasteiger partial charge in [0.05, 0.1) is 0 Å². The first-order valence-electron chi connectivity index (χ1n) is 11.5. The van der Waals surface area contributed by atoms with E-state index in [1.165, 1.54) is 4.90 Å². The highest BCUT2D eigenvalue weighted by Crippen LogP contribution is 2.44. The molecule has 0 aromatic heterocycles. The molecular formula is C26H30N2O5S. The number of carboxylic acid groups (broad SMARTS) is 1. The van der Waals surface area contributed by atoms with Crippen LogP contribution in [0.3, 0.4) is 0 Å². The molecule has 1 fully saturated rings. The molecule has 4 rings (SSSR count). The zero-order valence-electron chi connectivity index (χ0n) is 19.5. The third kappa shape index (κ3) is 4.51. The third-order valence-corrected chi connectivity index (χ3v) is 7.56. The molecule has 2 atom stereocenters. The van der Waals surface area contributed by atoms with Crippen molar-refractivity contribution in [2.24, 2.45) is 0 Å². The van der Waals surface area contributed by atoms with Crippen LogP contribution in [0.5, 0.6) is 0 Å². The molecule has 2 N–H and O–H groups in total. The second-order valence-electron chi connectivity index (χ2n) is 8.98. The second kappa shape index (κ2) is 10.1. The van der Waals surface area contributed by atoms with E-state index in [2.05, 4.69) is 17.4 Å². The molecule has 0 bridgehead atoms. The first kappa shape index (κ1) is 24.1. The Hall–Kier alpha value is -3.00. The van der Waals surface area contributed by atoms with Crippen molar-refractivity contribution in [3.63, 3.8) is 0 Å². The van der Waals surface area contributed by atoms with Crippen molar-refractivity contribution in [3.8, 4) is 11.1 Å². The Kier molecular flexibility index (Phi) is 7.16. The third-order valence-electron chi connectivity index (χ3n) is 6.91. The summed E-state index contributed by atoms with van der Waals surface area (Å²) >= 11 is 1.56. The lowest BCUT2D eigenvalue weighted by molar-refractivity contribution is -0.156. The Morgan fingerprint density at radius 2 is 1.76 bits per heavy atom. The highest BCUT2D eigenvalue weighted by molar-refractivity contribution is 7.98. The maximum Gasteiger partial charge on any atom is 0.407 e. The average molecular weight is 483 g/mol. The largest absolute Gasteiger partial charge is 0.480 e. The number of aliphatic carboxylic acids is 1. The van der Waals surface area contributed by atoms with E-state index in [-0.39, 0.29) is 18.4 Å². The fraction of sp³-hybridized carbons (Fsp3) is 0.423. The van der Waals surface area contributed by atoms with Gasteiger partial charge in [0.15, 0.2) is 0 Å². The summed E-state index contributed by atoms with van der Waals surface area (Å²) in [6.45, 7) is 2.09. The van der Waals surface area contributed by atoms with Crippen molar-refractivity contribution in [2.45, 2.75) is 43.7 Å². The van der Waals surface area contributed by atoms with Crippen LogP contribution < -0.4 is 5.32 Å². The summed E-state index contributed by atoms with van der Waals surface area (Å²) in [7, 11) is 0. The van der Waals surface area contributed by atoms with Gasteiger partial charge in [-0.3, -0.25) is 4.79 Å². The number of benzene rings is 2. The number of amides is 2. The number of likely N-dealkylation sites (tertiary alicyclic amines) is 1. The van der Waals surface area contributed by atoms with Crippen LogP contribution in [-0.4, -0.2) is 64.7 Å². The molecule has 0 spiro atoms. The number of carbonyl (C=O) groups excluding carboxylic acids is 2. The van der Waals surface area contributed by atoms with Gasteiger partial charge in [-0.25, -0.2) is 9.59 Å². The van der Waals surface area contributed by atoms with E-state index < -0.39 is 23.6 Å². The number of fused-ring (bicyclic) bond motifs is 3. The normalized spacial score (nSPS) is 19.9. The predicted octanol–water partition coefficient (Wildman–Crippen LogP) is 4.11. The van der Waals surface area contributed by atoms with E-state index in [0.717, 1.165) is 22.3 Å². The van der Waals surface area contributed by atoms with Crippen molar-refractivity contribution in [1.82, 2.24) is 10.2 Å². The molecule has 0 saturated carbocycles. The molecule has 1 heterocycles. The summed E-state index contributed by atoms with van der Waals surface area (Å²) in [5.74, 6) is -0.821. The minimum atomic E-state index is -1.25. The van der Waals surface area contributed by atoms with Crippen LogP contribution >= 0.6 is 11.8 Å². The van der Waals surface area contributed by atoms with Crippen molar-refractivity contribution in [3.05, 3.63) is 59.7 Å². The number of ether oxygens (including phenoxy) is 1. The van der Waals surface area contributed by atoms with E-state index in [1.807, 2.05) is 42.7 Å². The molecule has 180 valence electrons. The Morgan fingerprint density at radius 1 is 1.15 bits per heavy atom. The number of nitrogens with zero attached hydrogens (tertiary/aromatic N) is 1. The maximum atomic E-state index is 13.3. The highest BCUT2D eigenvalue weighted by Gasteiger charge is 2.47. The number of carbonyl (C=O) groups is 3. The van der Waals surface area contributed by atoms with E-state index in [9.17, 15) is 19.5 Å². The van der Waals surface area contributed by atoms with Gasteiger partial charge in [-0.15, -0.1) is 0 Å². The molecule has 7 nitrogen and oxygen atoms in total. The van der Waals surface area contributed by atoms with Crippen molar-refractivity contribution >= 4 is 29.7 Å². The molecule has 1 aliphatic heterocycles. The van der Waals surface area contributed by atoms with Crippen molar-refractivity contribution in [1.29, 1.82) is 0 Å². The van der Waals surface area contributed by atoms with Gasteiger partial charge < -0.3 is 20.1 Å². The van der Waals surface area contributed by atoms with Crippen LogP contribution in [0.25, 0.3) is 11.1 Å². The molecule has 1 saturated heterocycles. The summed E-state index contributed by atoms with van der Waals surface area (Å²) in [6, 6.07) is 15.3. The minimum Gasteiger partial charge on any atom is -0.480 e. The van der Waals surface area contributed by atoms with Gasteiger partial charge in [-0.1, -0.05) is 48.5 Å². The number of nitrogens with one attached hydrogen (secondary N) is 1. The molecule has 2 aromatic carbocycles. The lowest BCUT2D eigenvalue weighted by Crippen LogP contribution is -2.57. The fourth-order valence-electron chi connectivity index (χ4n) is 5.00. The van der Waals surface area contributed by atoms with Crippen molar-refractivity contribution in [2.75, 3.05) is 25.2 Å². The SMILES string of the molecule is CSCC[C@@H](NC(=O)OCC1c2ccccc2-c2ccccc21)C(=O)N1CCCC1(C)C(=O)O. The van der Waals surface area contributed by atoms with Gasteiger partial charge in [0.2, 0.25) is 5.91 Å². The van der Waals surface area contributed by atoms with E-state index in [1.54, 1.807) is 18.7 Å². The molecule has 0 radical (unpaired) electrons. The zero-order chi connectivity index (χ0) is 24.3. The summed E-state index contributed by atoms with van der Waals surface area (Å²) in [5.41, 5.74) is 3.25. The molecule has 34 heavy (non-hydrogen) atoms. The van der Waals surface area contributed by atoms with Crippen LogP contribution in [-0.2, 0) is 14.3 Å². The topological polar surface area (TPSA) is 95.9 Å². The fourth-order valence-corrected chi connectivity index (χ4v) is 5.47. The Bertz CT molecular complexity index is 1040. The lowest BCUT2D eigenvalue weighted by Gasteiger charge is -2.34. The Labute approximate surface area is 203 Å². The maximum absolute atomic E-state index is 13.3. The van der Waals surface area contributed by atoms with Crippen LogP contribution in [0.1, 0.15) is 43.2 Å². The van der Waals surface area contributed by atoms with E-state index in [0.29, 0.717) is 31.6 Å². The Morgan fingerprint density at radius 3 is 2.35 bits per heavy atom. The molecule has 2 aliphatic rings. The summed E-state index contributed by atoms with van der Waals surface area (Å²) < 4.78 is 5.62. The number of thioether (sulfide) groups is 1. The minimum absolute atomic E-state index is 0.0765. The monoisotopic (exact) mass is 482 g/mol. The van der Waals surface area contributed by atoms with Crippen LogP contribution in [0.4, 0.5) is 4.79 Å². The van der Waals surface area contributed by atoms with Gasteiger partial charge in [0.25, 0.3) is 0 Å². The van der Waals surface area contributed by atoms with Crippen LogP contribution in [0.2, 0.25) is 0 Å². The highest BCUT2D eigenvalue weighted by atomic mass is 32.2. The standard InChI is InChI=1S/C26H30N2O5S/c1-26(24(30)31)13-7-14-28(26)23(29)22(12-15-34-2)27-25(32)33-16-21-19-10-5-3-8-17(19)18-9-4-6-11-20(18)21/h3-6,8-11,21-22H,7,12-16H2,1-2H3,(H,27,32)(H,30,31)/t22-,26?/m1/s1. The Balaban J connectivity index is 1.45. The predicted molar refractivity (Wildman–Crippen MR) is 132 cm³/mol. The lowest BCUT2D eigenvalue weighted by atomic mass is 9.98. The zero-order valence-corrected chi connectivity index (χ0v) is 20.3. The van der Waals surface area contributed by atoms with Gasteiger partial charge >= 0.3 is 12.1 Å². The van der Waals surface area contributed by atoms with Crippen LogP contribution in [0, 0.1) is 0 Å². The number of hydrogen-bond acceptors (Lipinski definition) is 5. The smallest absolute Gasteiger partial charge is 0.407 e. The van der Waals surface area contributed by atoms with Gasteiger partial charge in [0.1, 0.15) is 18.2 Å². The van der Waals surface area contributed by atoms with E-state index in [4.69, 9.17) is 4.74 Å². The number of carboxylic acids is 1. The molecule has 8 heteroatoms. The summed E-state index contributed by atoms with van der Waals surface area (Å²) in [5, 5.41) is 12.4. The van der Waals surface area contributed by atoms with Gasteiger partial charge in [0, 0.05) is 12.5 Å². The first-order valence-corrected chi connectivity index (χ1v) is 12.9. The summed E-state index contributed by atoms with van der Waals surface area (Å²) in [4.78, 5) is 39.3. The molecule has 2 amide bonds. The summed E-state index contributed by atoms with van der Waals surface area (Å²) in [6.07, 6.45) is 2.67. The van der Waals surface area contributed by atoms with Crippen LogP contribution in [0.15, 0.2) is 48.5 Å². The number of hydrogen-bond donors (Lipinski definition) is 2. The van der Waals surface area contributed by atoms with Gasteiger partial charge in [-0.2, -0.15) is 11.8 Å². The molecule has 2 aromatic rings. The quantitative estimate of drug-likeness (QED) is 0.588. The average Bonchev–Trinajstić information content (AvgIpc) is 3.39. The molecular weight excluding hydrogens is 452 g/mol. The van der Waals surface area contributed by atoms with Crippen molar-refractivity contribution < 1.29 is 24.2 Å². The second-order valence-corrected chi connectivity index (χ2v) is 9.96. The first-order chi connectivity index (χ1) is 16.4. The van der Waals surface area contributed by atoms with Gasteiger partial charge in [-0.05, 0) is 60.4 Å². The van der Waals surface area contributed by atoms with E-state index >= 15 is 0 Å². The number of alkyl carbamates (subject to hydrolysis) is 1. The molecule has 1 unspecified atom stereocenters. The number of rotatable bonds is 8.